The summed E-state index contributed by atoms with van der Waals surface area (Å²) in [5.41, 5.74) is 1.78. The largest absolute Gasteiger partial charge is 0.207 e. The van der Waals surface area contributed by atoms with Gasteiger partial charge in [0.2, 0.25) is 0 Å². The molecule has 0 saturated carbocycles. The van der Waals surface area contributed by atoms with Crippen molar-refractivity contribution < 1.29 is 4.39 Å². The number of unbranched alkanes of at least 4 members (excludes halogenated alkanes) is 4. The average Bonchev–Trinajstić information content (AvgIpc) is 2.34. The quantitative estimate of drug-likeness (QED) is 0.579. The Hall–Kier alpha value is -0.850. The first-order chi connectivity index (χ1) is 8.15. The molecule has 0 bridgehead atoms. The summed E-state index contributed by atoms with van der Waals surface area (Å²) in [5.74, 6) is -0.0978. The van der Waals surface area contributed by atoms with Gasteiger partial charge in [0, 0.05) is 0 Å². The van der Waals surface area contributed by atoms with E-state index in [0.717, 1.165) is 17.5 Å². The van der Waals surface area contributed by atoms with Crippen LogP contribution in [0.2, 0.25) is 0 Å². The van der Waals surface area contributed by atoms with Crippen LogP contribution in [0.25, 0.3) is 0 Å². The van der Waals surface area contributed by atoms with Gasteiger partial charge in [-0.2, -0.15) is 0 Å². The lowest BCUT2D eigenvalue weighted by molar-refractivity contribution is 0.616. The monoisotopic (exact) mass is 238 g/mol. The first kappa shape index (κ1) is 16.1. The van der Waals surface area contributed by atoms with E-state index in [1.807, 2.05) is 19.1 Å². The van der Waals surface area contributed by atoms with Crippen molar-refractivity contribution in [2.75, 3.05) is 0 Å². The predicted octanol–water partition coefficient (Wildman–Crippen LogP) is 5.67. The van der Waals surface area contributed by atoms with Crippen molar-refractivity contribution in [1.29, 1.82) is 0 Å². The first-order valence-corrected chi connectivity index (χ1v) is 6.90. The zero-order valence-corrected chi connectivity index (χ0v) is 11.9. The third-order valence-corrected chi connectivity index (χ3v) is 2.85. The number of rotatable bonds is 5. The fraction of sp³-hybridized carbons (Fsp3) is 0.625. The van der Waals surface area contributed by atoms with E-state index in [1.165, 1.54) is 32.1 Å². The van der Waals surface area contributed by atoms with Crippen LogP contribution in [0.15, 0.2) is 18.2 Å². The number of benzene rings is 1. The van der Waals surface area contributed by atoms with Gasteiger partial charge in [-0.05, 0) is 30.5 Å². The Morgan fingerprint density at radius 1 is 0.941 bits per heavy atom. The number of hydrogen-bond donors (Lipinski definition) is 0. The molecule has 0 aliphatic heterocycles. The standard InChI is InChI=1S/C9H11F.C7H16/c1-3-8-5-4-7(2)9(10)6-8;1-3-5-7-6-4-2/h4-6H,3H2,1-2H3;3-7H2,1-2H3. The molecule has 98 valence electrons. The lowest BCUT2D eigenvalue weighted by Crippen LogP contribution is -1.85. The number of aryl methyl sites for hydroxylation is 2. The second-order valence-electron chi connectivity index (χ2n) is 4.50. The second-order valence-corrected chi connectivity index (χ2v) is 4.50. The molecule has 0 aromatic heterocycles. The highest BCUT2D eigenvalue weighted by molar-refractivity contribution is 5.22. The van der Waals surface area contributed by atoms with E-state index in [4.69, 9.17) is 0 Å². The van der Waals surface area contributed by atoms with E-state index < -0.39 is 0 Å². The molecule has 1 heteroatoms. The van der Waals surface area contributed by atoms with E-state index in [0.29, 0.717) is 0 Å². The van der Waals surface area contributed by atoms with Crippen molar-refractivity contribution in [2.24, 2.45) is 0 Å². The normalized spacial score (nSPS) is 9.71. The van der Waals surface area contributed by atoms with Gasteiger partial charge >= 0.3 is 0 Å². The molecule has 0 heterocycles. The van der Waals surface area contributed by atoms with Crippen LogP contribution in [0.3, 0.4) is 0 Å². The van der Waals surface area contributed by atoms with Gasteiger partial charge in [0.1, 0.15) is 5.82 Å². The molecule has 0 atom stereocenters. The molecule has 0 fully saturated rings. The molecule has 1 rings (SSSR count). The van der Waals surface area contributed by atoms with Crippen molar-refractivity contribution in [3.05, 3.63) is 35.1 Å². The smallest absolute Gasteiger partial charge is 0.126 e. The summed E-state index contributed by atoms with van der Waals surface area (Å²) in [6, 6.07) is 5.36. The van der Waals surface area contributed by atoms with Gasteiger partial charge in [-0.15, -0.1) is 0 Å². The van der Waals surface area contributed by atoms with E-state index in [9.17, 15) is 4.39 Å². The maximum Gasteiger partial charge on any atom is 0.126 e. The minimum absolute atomic E-state index is 0.0978. The molecular weight excluding hydrogens is 211 g/mol. The minimum Gasteiger partial charge on any atom is -0.207 e. The lowest BCUT2D eigenvalue weighted by Gasteiger charge is -1.98. The van der Waals surface area contributed by atoms with Gasteiger partial charge in [-0.25, -0.2) is 4.39 Å². The fourth-order valence-electron chi connectivity index (χ4n) is 1.53. The number of halogens is 1. The molecule has 0 saturated heterocycles. The Morgan fingerprint density at radius 2 is 1.53 bits per heavy atom. The van der Waals surface area contributed by atoms with Gasteiger partial charge in [0.25, 0.3) is 0 Å². The molecule has 17 heavy (non-hydrogen) atoms. The highest BCUT2D eigenvalue weighted by Gasteiger charge is 1.95. The molecule has 0 unspecified atom stereocenters. The summed E-state index contributed by atoms with van der Waals surface area (Å²) >= 11 is 0. The third kappa shape index (κ3) is 7.95. The van der Waals surface area contributed by atoms with E-state index in [1.54, 1.807) is 13.0 Å². The summed E-state index contributed by atoms with van der Waals surface area (Å²) < 4.78 is 12.8. The lowest BCUT2D eigenvalue weighted by atomic mass is 10.1. The summed E-state index contributed by atoms with van der Waals surface area (Å²) in [6.07, 6.45) is 7.91. The van der Waals surface area contributed by atoms with Crippen LogP contribution >= 0.6 is 0 Å². The van der Waals surface area contributed by atoms with Gasteiger partial charge in [-0.1, -0.05) is 65.0 Å². The van der Waals surface area contributed by atoms with Crippen molar-refractivity contribution in [3.63, 3.8) is 0 Å². The van der Waals surface area contributed by atoms with Crippen molar-refractivity contribution in [2.45, 2.75) is 66.2 Å². The van der Waals surface area contributed by atoms with Crippen LogP contribution in [0.1, 0.15) is 64.0 Å². The highest BCUT2D eigenvalue weighted by Crippen LogP contribution is 2.08. The molecular formula is C16H27F. The number of hydrogen-bond acceptors (Lipinski definition) is 0. The van der Waals surface area contributed by atoms with Crippen LogP contribution in [0, 0.1) is 12.7 Å². The predicted molar refractivity (Wildman–Crippen MR) is 74.9 cm³/mol. The second kappa shape index (κ2) is 10.3. The van der Waals surface area contributed by atoms with Gasteiger partial charge < -0.3 is 0 Å². The molecule has 0 aliphatic carbocycles. The summed E-state index contributed by atoms with van der Waals surface area (Å²) in [6.45, 7) is 8.28. The van der Waals surface area contributed by atoms with Crippen molar-refractivity contribution >= 4 is 0 Å². The topological polar surface area (TPSA) is 0 Å². The maximum atomic E-state index is 12.8. The van der Waals surface area contributed by atoms with Crippen LogP contribution in [-0.2, 0) is 6.42 Å². The molecule has 1 aromatic carbocycles. The van der Waals surface area contributed by atoms with Crippen LogP contribution in [0.4, 0.5) is 4.39 Å². The Kier molecular flexibility index (Phi) is 9.80. The summed E-state index contributed by atoms with van der Waals surface area (Å²) in [7, 11) is 0. The summed E-state index contributed by atoms with van der Waals surface area (Å²) in [4.78, 5) is 0. The first-order valence-electron chi connectivity index (χ1n) is 6.90. The Labute approximate surface area is 106 Å². The molecule has 0 N–H and O–H groups in total. The zero-order valence-electron chi connectivity index (χ0n) is 11.9. The van der Waals surface area contributed by atoms with Crippen LogP contribution < -0.4 is 0 Å². The van der Waals surface area contributed by atoms with Crippen LogP contribution in [-0.4, -0.2) is 0 Å². The van der Waals surface area contributed by atoms with Crippen LogP contribution in [0.5, 0.6) is 0 Å². The Bertz CT molecular complexity index is 288. The van der Waals surface area contributed by atoms with Gasteiger partial charge in [-0.3, -0.25) is 0 Å². The highest BCUT2D eigenvalue weighted by atomic mass is 19.1. The summed E-state index contributed by atoms with van der Waals surface area (Å²) in [5, 5.41) is 0. The maximum absolute atomic E-state index is 12.8. The van der Waals surface area contributed by atoms with Crippen molar-refractivity contribution in [1.82, 2.24) is 0 Å². The van der Waals surface area contributed by atoms with Gasteiger partial charge in [0.15, 0.2) is 0 Å². The Balaban J connectivity index is 0.000000325. The molecule has 0 spiro atoms. The molecule has 0 radical (unpaired) electrons. The minimum atomic E-state index is -0.0978. The molecule has 1 aromatic rings. The van der Waals surface area contributed by atoms with E-state index in [2.05, 4.69) is 13.8 Å². The third-order valence-electron chi connectivity index (χ3n) is 2.85. The van der Waals surface area contributed by atoms with Gasteiger partial charge in [0.05, 0.1) is 0 Å². The zero-order chi connectivity index (χ0) is 13.1. The average molecular weight is 238 g/mol. The van der Waals surface area contributed by atoms with E-state index in [-0.39, 0.29) is 5.82 Å². The van der Waals surface area contributed by atoms with E-state index >= 15 is 0 Å². The van der Waals surface area contributed by atoms with Crippen molar-refractivity contribution in [3.8, 4) is 0 Å². The Morgan fingerprint density at radius 3 is 1.94 bits per heavy atom. The molecule has 0 amide bonds. The molecule has 0 nitrogen and oxygen atoms in total. The molecule has 0 aliphatic rings. The fourth-order valence-corrected chi connectivity index (χ4v) is 1.53. The SMILES string of the molecule is CCCCCCC.CCc1ccc(C)c(F)c1.